The van der Waals surface area contributed by atoms with E-state index < -0.39 is 0 Å². The van der Waals surface area contributed by atoms with Gasteiger partial charge in [0.1, 0.15) is 5.82 Å². The Bertz CT molecular complexity index is 704. The predicted molar refractivity (Wildman–Crippen MR) is 98.6 cm³/mol. The Morgan fingerprint density at radius 2 is 2.16 bits per heavy atom. The molecular formula is C19H25N5O. The summed E-state index contributed by atoms with van der Waals surface area (Å²) in [6.45, 7) is 2.46. The van der Waals surface area contributed by atoms with Crippen LogP contribution in [0.5, 0.6) is 0 Å². The van der Waals surface area contributed by atoms with Gasteiger partial charge in [0.15, 0.2) is 0 Å². The summed E-state index contributed by atoms with van der Waals surface area (Å²) in [5.74, 6) is 0.873. The van der Waals surface area contributed by atoms with Crippen LogP contribution in [0.1, 0.15) is 28.8 Å². The van der Waals surface area contributed by atoms with Crippen molar-refractivity contribution in [3.63, 3.8) is 0 Å². The van der Waals surface area contributed by atoms with Crippen molar-refractivity contribution in [3.8, 4) is 0 Å². The second-order valence-corrected chi connectivity index (χ2v) is 6.72. The maximum atomic E-state index is 12.8. The normalized spacial score (nSPS) is 17.6. The molecule has 1 N–H and O–H groups in total. The van der Waals surface area contributed by atoms with Crippen LogP contribution in [0.25, 0.3) is 0 Å². The van der Waals surface area contributed by atoms with E-state index >= 15 is 0 Å². The molecule has 1 aliphatic rings. The molecule has 0 radical (unpaired) electrons. The Morgan fingerprint density at radius 3 is 2.92 bits per heavy atom. The van der Waals surface area contributed by atoms with E-state index in [0.29, 0.717) is 0 Å². The van der Waals surface area contributed by atoms with Gasteiger partial charge in [0.2, 0.25) is 0 Å². The van der Waals surface area contributed by atoms with Crippen LogP contribution in [0.3, 0.4) is 0 Å². The van der Waals surface area contributed by atoms with Crippen LogP contribution in [-0.2, 0) is 6.54 Å². The number of carbonyl (C=O) groups excluding carboxylic acids is 1. The standard InChI is InChI=1S/C19H25N5O/c1-23(2)13-15-6-3-4-8-17(15)19(25)22-16-7-5-11-24(14-16)18-12-20-9-10-21-18/h3-4,6,8-10,12,16H,5,7,11,13-14H2,1-2H3,(H,22,25)/t16-/m0/s1. The second kappa shape index (κ2) is 8.07. The van der Waals surface area contributed by atoms with Gasteiger partial charge in [0.25, 0.3) is 5.91 Å². The molecule has 132 valence electrons. The lowest BCUT2D eigenvalue weighted by Gasteiger charge is -2.33. The smallest absolute Gasteiger partial charge is 0.251 e. The molecule has 0 aliphatic carbocycles. The van der Waals surface area contributed by atoms with Crippen molar-refractivity contribution in [2.45, 2.75) is 25.4 Å². The van der Waals surface area contributed by atoms with Gasteiger partial charge >= 0.3 is 0 Å². The first-order valence-corrected chi connectivity index (χ1v) is 8.68. The number of rotatable bonds is 5. The van der Waals surface area contributed by atoms with Crippen LogP contribution < -0.4 is 10.2 Å². The lowest BCUT2D eigenvalue weighted by molar-refractivity contribution is 0.0931. The summed E-state index contributed by atoms with van der Waals surface area (Å²) in [5, 5.41) is 3.20. The highest BCUT2D eigenvalue weighted by Crippen LogP contribution is 2.17. The van der Waals surface area contributed by atoms with E-state index in [1.54, 1.807) is 18.6 Å². The highest BCUT2D eigenvalue weighted by Gasteiger charge is 2.23. The lowest BCUT2D eigenvalue weighted by atomic mass is 10.0. The third-order valence-electron chi connectivity index (χ3n) is 4.38. The number of carbonyl (C=O) groups is 1. The van der Waals surface area contributed by atoms with Crippen LogP contribution in [-0.4, -0.2) is 54.0 Å². The summed E-state index contributed by atoms with van der Waals surface area (Å²) in [4.78, 5) is 25.5. The van der Waals surface area contributed by atoms with Crippen molar-refractivity contribution in [1.29, 1.82) is 0 Å². The van der Waals surface area contributed by atoms with E-state index in [4.69, 9.17) is 0 Å². The molecule has 0 unspecified atom stereocenters. The molecule has 1 fully saturated rings. The minimum Gasteiger partial charge on any atom is -0.353 e. The zero-order chi connectivity index (χ0) is 17.6. The summed E-state index contributed by atoms with van der Waals surface area (Å²) >= 11 is 0. The number of piperidine rings is 1. The third kappa shape index (κ3) is 4.54. The largest absolute Gasteiger partial charge is 0.353 e. The van der Waals surface area contributed by atoms with Gasteiger partial charge in [-0.25, -0.2) is 4.98 Å². The van der Waals surface area contributed by atoms with Gasteiger partial charge in [0, 0.05) is 43.6 Å². The van der Waals surface area contributed by atoms with Gasteiger partial charge in [0.05, 0.1) is 6.20 Å². The minimum atomic E-state index is 0.00319. The van der Waals surface area contributed by atoms with Gasteiger partial charge in [-0.05, 0) is 38.6 Å². The topological polar surface area (TPSA) is 61.4 Å². The van der Waals surface area contributed by atoms with Gasteiger partial charge < -0.3 is 15.1 Å². The highest BCUT2D eigenvalue weighted by atomic mass is 16.1. The minimum absolute atomic E-state index is 0.00319. The Morgan fingerprint density at radius 1 is 1.32 bits per heavy atom. The summed E-state index contributed by atoms with van der Waals surface area (Å²) in [6, 6.07) is 7.93. The zero-order valence-corrected chi connectivity index (χ0v) is 14.9. The summed E-state index contributed by atoms with van der Waals surface area (Å²) in [5.41, 5.74) is 1.81. The first-order chi connectivity index (χ1) is 12.1. The molecule has 1 atom stereocenters. The van der Waals surface area contributed by atoms with Gasteiger partial charge in [-0.15, -0.1) is 0 Å². The molecular weight excluding hydrogens is 314 g/mol. The second-order valence-electron chi connectivity index (χ2n) is 6.72. The Balaban J connectivity index is 1.67. The molecule has 1 amide bonds. The average Bonchev–Trinajstić information content (AvgIpc) is 2.62. The fourth-order valence-electron chi connectivity index (χ4n) is 3.24. The van der Waals surface area contributed by atoms with Crippen molar-refractivity contribution >= 4 is 11.7 Å². The highest BCUT2D eigenvalue weighted by molar-refractivity contribution is 5.95. The first kappa shape index (κ1) is 17.4. The molecule has 1 aliphatic heterocycles. The van der Waals surface area contributed by atoms with Crippen LogP contribution in [0.2, 0.25) is 0 Å². The number of nitrogens with zero attached hydrogens (tertiary/aromatic N) is 4. The van der Waals surface area contributed by atoms with Crippen molar-refractivity contribution in [2.24, 2.45) is 0 Å². The van der Waals surface area contributed by atoms with E-state index in [0.717, 1.165) is 49.4 Å². The maximum absolute atomic E-state index is 12.8. The van der Waals surface area contributed by atoms with Crippen LogP contribution in [0.4, 0.5) is 5.82 Å². The van der Waals surface area contributed by atoms with E-state index in [2.05, 4.69) is 25.1 Å². The van der Waals surface area contributed by atoms with Crippen molar-refractivity contribution in [2.75, 3.05) is 32.1 Å². The Labute approximate surface area is 148 Å². The lowest BCUT2D eigenvalue weighted by Crippen LogP contribution is -2.48. The Kier molecular flexibility index (Phi) is 5.60. The van der Waals surface area contributed by atoms with Crippen LogP contribution in [0.15, 0.2) is 42.9 Å². The molecule has 6 heteroatoms. The maximum Gasteiger partial charge on any atom is 0.251 e. The molecule has 0 spiro atoms. The fraction of sp³-hybridized carbons (Fsp3) is 0.421. The molecule has 3 rings (SSSR count). The van der Waals surface area contributed by atoms with Crippen molar-refractivity contribution in [1.82, 2.24) is 20.2 Å². The molecule has 1 saturated heterocycles. The number of hydrogen-bond acceptors (Lipinski definition) is 5. The third-order valence-corrected chi connectivity index (χ3v) is 4.38. The summed E-state index contributed by atoms with van der Waals surface area (Å²) in [7, 11) is 4.02. The average molecular weight is 339 g/mol. The molecule has 1 aromatic carbocycles. The molecule has 0 bridgehead atoms. The van der Waals surface area contributed by atoms with Crippen molar-refractivity contribution in [3.05, 3.63) is 54.0 Å². The molecule has 6 nitrogen and oxygen atoms in total. The predicted octanol–water partition coefficient (Wildman–Crippen LogP) is 1.94. The van der Waals surface area contributed by atoms with Gasteiger partial charge in [-0.2, -0.15) is 0 Å². The van der Waals surface area contributed by atoms with Crippen LogP contribution >= 0.6 is 0 Å². The van der Waals surface area contributed by atoms with Gasteiger partial charge in [-0.1, -0.05) is 18.2 Å². The summed E-state index contributed by atoms with van der Waals surface area (Å²) in [6.07, 6.45) is 7.17. The number of benzene rings is 1. The van der Waals surface area contributed by atoms with E-state index in [1.165, 1.54) is 0 Å². The monoisotopic (exact) mass is 339 g/mol. The first-order valence-electron chi connectivity index (χ1n) is 8.68. The van der Waals surface area contributed by atoms with E-state index in [1.807, 2.05) is 38.4 Å². The van der Waals surface area contributed by atoms with Crippen molar-refractivity contribution < 1.29 is 4.79 Å². The number of hydrogen-bond donors (Lipinski definition) is 1. The van der Waals surface area contributed by atoms with Gasteiger partial charge in [-0.3, -0.25) is 9.78 Å². The van der Waals surface area contributed by atoms with Crippen LogP contribution in [0, 0.1) is 0 Å². The quantitative estimate of drug-likeness (QED) is 0.902. The summed E-state index contributed by atoms with van der Waals surface area (Å²) < 4.78 is 0. The SMILES string of the molecule is CN(C)Cc1ccccc1C(=O)N[C@H]1CCCN(c2cnccn2)C1. The van der Waals surface area contributed by atoms with E-state index in [9.17, 15) is 4.79 Å². The fourth-order valence-corrected chi connectivity index (χ4v) is 3.24. The molecule has 0 saturated carbocycles. The zero-order valence-electron chi connectivity index (χ0n) is 14.9. The number of amides is 1. The molecule has 2 aromatic rings. The Hall–Kier alpha value is -2.47. The molecule has 1 aromatic heterocycles. The van der Waals surface area contributed by atoms with E-state index in [-0.39, 0.29) is 11.9 Å². The number of nitrogens with one attached hydrogen (secondary N) is 1. The number of anilines is 1. The molecule has 2 heterocycles. The molecule has 25 heavy (non-hydrogen) atoms. The number of aromatic nitrogens is 2.